The molecule has 0 bridgehead atoms. The molecule has 0 unspecified atom stereocenters. The lowest BCUT2D eigenvalue weighted by Crippen LogP contribution is -2.41. The summed E-state index contributed by atoms with van der Waals surface area (Å²) in [5.41, 5.74) is 6.03. The maximum Gasteiger partial charge on any atom is 0.222 e. The van der Waals surface area contributed by atoms with Gasteiger partial charge in [0.15, 0.2) is 0 Å². The second kappa shape index (κ2) is 7.07. The van der Waals surface area contributed by atoms with Crippen LogP contribution in [0.2, 0.25) is 0 Å². The van der Waals surface area contributed by atoms with Gasteiger partial charge in [0, 0.05) is 39.0 Å². The molecule has 2 aliphatic rings. The first-order valence-corrected chi connectivity index (χ1v) is 7.84. The molecule has 0 radical (unpaired) electrons. The van der Waals surface area contributed by atoms with Crippen LogP contribution in [0.25, 0.3) is 0 Å². The van der Waals surface area contributed by atoms with Gasteiger partial charge in [-0.1, -0.05) is 6.42 Å². The predicted molar refractivity (Wildman–Crippen MR) is 77.9 cm³/mol. The fourth-order valence-electron chi connectivity index (χ4n) is 3.42. The number of likely N-dealkylation sites (tertiary alicyclic amines) is 1. The van der Waals surface area contributed by atoms with E-state index in [4.69, 9.17) is 5.73 Å². The van der Waals surface area contributed by atoms with Crippen molar-refractivity contribution >= 4 is 11.8 Å². The van der Waals surface area contributed by atoms with E-state index in [2.05, 4.69) is 5.32 Å². The molecule has 0 spiro atoms. The number of nitrogens with one attached hydrogen (secondary N) is 1. The molecule has 2 rings (SSSR count). The summed E-state index contributed by atoms with van der Waals surface area (Å²) in [6, 6.07) is 0.213. The number of rotatable bonds is 4. The molecule has 5 nitrogen and oxygen atoms in total. The Labute approximate surface area is 121 Å². The van der Waals surface area contributed by atoms with Crippen molar-refractivity contribution < 1.29 is 9.59 Å². The molecule has 0 aromatic rings. The number of piperidine rings is 1. The van der Waals surface area contributed by atoms with Crippen LogP contribution in [0.3, 0.4) is 0 Å². The highest BCUT2D eigenvalue weighted by Gasteiger charge is 2.30. The molecule has 0 aromatic carbocycles. The molecule has 1 aliphatic heterocycles. The molecule has 3 N–H and O–H groups in total. The summed E-state index contributed by atoms with van der Waals surface area (Å²) in [6.07, 6.45) is 6.40. The van der Waals surface area contributed by atoms with Gasteiger partial charge in [-0.2, -0.15) is 0 Å². The lowest BCUT2D eigenvalue weighted by atomic mass is 9.92. The second-order valence-electron chi connectivity index (χ2n) is 6.26. The zero-order valence-corrected chi connectivity index (χ0v) is 12.4. The number of hydrogen-bond donors (Lipinski definition) is 2. The minimum absolute atomic E-state index is 0.103. The Kier molecular flexibility index (Phi) is 5.40. The van der Waals surface area contributed by atoms with Crippen molar-refractivity contribution in [3.8, 4) is 0 Å². The van der Waals surface area contributed by atoms with Crippen LogP contribution < -0.4 is 11.1 Å². The summed E-state index contributed by atoms with van der Waals surface area (Å²) >= 11 is 0. The van der Waals surface area contributed by atoms with Gasteiger partial charge in [-0.15, -0.1) is 0 Å². The number of hydrogen-bond acceptors (Lipinski definition) is 3. The van der Waals surface area contributed by atoms with Crippen LogP contribution >= 0.6 is 0 Å². The van der Waals surface area contributed by atoms with E-state index in [9.17, 15) is 9.59 Å². The van der Waals surface area contributed by atoms with E-state index in [0.717, 1.165) is 45.2 Å². The van der Waals surface area contributed by atoms with E-state index in [1.807, 2.05) is 4.90 Å². The van der Waals surface area contributed by atoms with Gasteiger partial charge in [0.2, 0.25) is 11.8 Å². The lowest BCUT2D eigenvalue weighted by molar-refractivity contribution is -0.133. The van der Waals surface area contributed by atoms with Crippen LogP contribution in [0.4, 0.5) is 0 Å². The second-order valence-corrected chi connectivity index (χ2v) is 6.26. The summed E-state index contributed by atoms with van der Waals surface area (Å²) in [4.78, 5) is 25.6. The van der Waals surface area contributed by atoms with Crippen molar-refractivity contribution in [2.75, 3.05) is 20.1 Å². The molecule has 0 aromatic heterocycles. The first-order valence-electron chi connectivity index (χ1n) is 7.84. The highest BCUT2D eigenvalue weighted by molar-refractivity contribution is 5.77. The summed E-state index contributed by atoms with van der Waals surface area (Å²) in [6.45, 7) is 1.59. The summed E-state index contributed by atoms with van der Waals surface area (Å²) in [5, 5.41) is 2.67. The fourth-order valence-corrected chi connectivity index (χ4v) is 3.42. The van der Waals surface area contributed by atoms with Gasteiger partial charge in [0.05, 0.1) is 0 Å². The zero-order chi connectivity index (χ0) is 14.5. The van der Waals surface area contributed by atoms with Gasteiger partial charge >= 0.3 is 0 Å². The third-order valence-corrected chi connectivity index (χ3v) is 4.87. The van der Waals surface area contributed by atoms with E-state index in [1.165, 1.54) is 0 Å². The zero-order valence-electron chi connectivity index (χ0n) is 12.4. The smallest absolute Gasteiger partial charge is 0.222 e. The number of carbonyl (C=O) groups is 2. The summed E-state index contributed by atoms with van der Waals surface area (Å²) in [7, 11) is 1.67. The van der Waals surface area contributed by atoms with E-state index < -0.39 is 0 Å². The normalized spacial score (nSPS) is 27.6. The van der Waals surface area contributed by atoms with Gasteiger partial charge < -0.3 is 16.0 Å². The molecular weight excluding hydrogens is 254 g/mol. The van der Waals surface area contributed by atoms with Crippen molar-refractivity contribution in [1.29, 1.82) is 0 Å². The van der Waals surface area contributed by atoms with E-state index >= 15 is 0 Å². The molecule has 1 saturated heterocycles. The summed E-state index contributed by atoms with van der Waals surface area (Å²) < 4.78 is 0. The summed E-state index contributed by atoms with van der Waals surface area (Å²) in [5.74, 6) is 1.16. The average molecular weight is 281 g/mol. The SMILES string of the molecule is CNC(=O)CC1CCN(C(=O)C[C@@H]2CCC[C@H]2N)CC1. The molecule has 1 aliphatic carbocycles. The highest BCUT2D eigenvalue weighted by atomic mass is 16.2. The topological polar surface area (TPSA) is 75.4 Å². The third kappa shape index (κ3) is 3.95. The molecule has 2 amide bonds. The van der Waals surface area contributed by atoms with Gasteiger partial charge in [-0.3, -0.25) is 9.59 Å². The van der Waals surface area contributed by atoms with Gasteiger partial charge in [0.1, 0.15) is 0 Å². The van der Waals surface area contributed by atoms with Gasteiger partial charge in [-0.05, 0) is 37.5 Å². The molecule has 2 fully saturated rings. The fraction of sp³-hybridized carbons (Fsp3) is 0.867. The van der Waals surface area contributed by atoms with Crippen LogP contribution in [0.15, 0.2) is 0 Å². The van der Waals surface area contributed by atoms with Gasteiger partial charge in [-0.25, -0.2) is 0 Å². The maximum atomic E-state index is 12.3. The quantitative estimate of drug-likeness (QED) is 0.803. The van der Waals surface area contributed by atoms with E-state index in [0.29, 0.717) is 24.7 Å². The minimum atomic E-state index is 0.103. The van der Waals surface area contributed by atoms with Crippen LogP contribution in [-0.4, -0.2) is 42.9 Å². The Morgan fingerprint density at radius 1 is 1.15 bits per heavy atom. The van der Waals surface area contributed by atoms with Gasteiger partial charge in [0.25, 0.3) is 0 Å². The molecule has 20 heavy (non-hydrogen) atoms. The van der Waals surface area contributed by atoms with Crippen LogP contribution in [0.5, 0.6) is 0 Å². The number of carbonyl (C=O) groups excluding carboxylic acids is 2. The molecule has 5 heteroatoms. The van der Waals surface area contributed by atoms with E-state index in [1.54, 1.807) is 7.05 Å². The van der Waals surface area contributed by atoms with Crippen LogP contribution in [-0.2, 0) is 9.59 Å². The van der Waals surface area contributed by atoms with Crippen molar-refractivity contribution in [1.82, 2.24) is 10.2 Å². The van der Waals surface area contributed by atoms with Crippen molar-refractivity contribution in [3.63, 3.8) is 0 Å². The van der Waals surface area contributed by atoms with Crippen molar-refractivity contribution in [2.45, 2.75) is 51.0 Å². The Morgan fingerprint density at radius 3 is 2.40 bits per heavy atom. The minimum Gasteiger partial charge on any atom is -0.359 e. The Morgan fingerprint density at radius 2 is 1.85 bits per heavy atom. The largest absolute Gasteiger partial charge is 0.359 e. The predicted octanol–water partition coefficient (Wildman–Crippen LogP) is 0.879. The first-order chi connectivity index (χ1) is 9.60. The van der Waals surface area contributed by atoms with Crippen LogP contribution in [0, 0.1) is 11.8 Å². The number of nitrogens with two attached hydrogens (primary N) is 1. The monoisotopic (exact) mass is 281 g/mol. The van der Waals surface area contributed by atoms with Crippen LogP contribution in [0.1, 0.15) is 44.9 Å². The Bertz CT molecular complexity index is 351. The Balaban J connectivity index is 1.73. The molecule has 114 valence electrons. The van der Waals surface area contributed by atoms with E-state index in [-0.39, 0.29) is 17.9 Å². The average Bonchev–Trinajstić information content (AvgIpc) is 2.85. The molecule has 2 atom stereocenters. The highest BCUT2D eigenvalue weighted by Crippen LogP contribution is 2.28. The number of amides is 2. The molecular formula is C15H27N3O2. The standard InChI is InChI=1S/C15H27N3O2/c1-17-14(19)9-11-5-7-18(8-6-11)15(20)10-12-3-2-4-13(12)16/h11-13H,2-10,16H2,1H3,(H,17,19)/t12-,13+/m0/s1. The Hall–Kier alpha value is -1.10. The number of nitrogens with zero attached hydrogens (tertiary/aromatic N) is 1. The van der Waals surface area contributed by atoms with Crippen molar-refractivity contribution in [2.24, 2.45) is 17.6 Å². The third-order valence-electron chi connectivity index (χ3n) is 4.87. The molecule has 1 heterocycles. The first kappa shape index (κ1) is 15.3. The maximum absolute atomic E-state index is 12.3. The lowest BCUT2D eigenvalue weighted by Gasteiger charge is -2.32. The molecule has 1 saturated carbocycles. The van der Waals surface area contributed by atoms with Crippen molar-refractivity contribution in [3.05, 3.63) is 0 Å².